The third-order valence-electron chi connectivity index (χ3n) is 2.89. The molecule has 6 heteroatoms. The average molecular weight is 278 g/mol. The van der Waals surface area contributed by atoms with Gasteiger partial charge in [0.15, 0.2) is 0 Å². The van der Waals surface area contributed by atoms with Gasteiger partial charge >= 0.3 is 6.09 Å². The zero-order valence-corrected chi connectivity index (χ0v) is 12.3. The number of nitrogens with zero attached hydrogens (tertiary/aromatic N) is 2. The molecule has 0 atom stereocenters. The lowest BCUT2D eigenvalue weighted by molar-refractivity contribution is 0.0530. The van der Waals surface area contributed by atoms with Crippen LogP contribution in [0.5, 0.6) is 0 Å². The van der Waals surface area contributed by atoms with Crippen molar-refractivity contribution >= 4 is 12.0 Å². The summed E-state index contributed by atoms with van der Waals surface area (Å²) in [7, 11) is 0. The highest BCUT2D eigenvalue weighted by Gasteiger charge is 2.15. The Labute approximate surface area is 119 Å². The first-order chi connectivity index (χ1) is 9.44. The van der Waals surface area contributed by atoms with Gasteiger partial charge in [0.05, 0.1) is 0 Å². The third kappa shape index (κ3) is 4.36. The van der Waals surface area contributed by atoms with E-state index in [2.05, 4.69) is 20.6 Å². The van der Waals surface area contributed by atoms with E-state index in [0.717, 1.165) is 25.0 Å². The van der Waals surface area contributed by atoms with Crippen molar-refractivity contribution in [2.75, 3.05) is 18.4 Å². The van der Waals surface area contributed by atoms with Crippen LogP contribution in [-0.2, 0) is 17.6 Å². The molecular weight excluding hydrogens is 256 g/mol. The van der Waals surface area contributed by atoms with Crippen molar-refractivity contribution in [3.63, 3.8) is 0 Å². The van der Waals surface area contributed by atoms with Crippen molar-refractivity contribution in [2.45, 2.75) is 45.6 Å². The first kappa shape index (κ1) is 14.6. The van der Waals surface area contributed by atoms with Gasteiger partial charge in [0.2, 0.25) is 5.95 Å². The van der Waals surface area contributed by atoms with Gasteiger partial charge in [-0.25, -0.2) is 14.8 Å². The van der Waals surface area contributed by atoms with Gasteiger partial charge in [-0.15, -0.1) is 0 Å². The fraction of sp³-hybridized carbons (Fsp3) is 0.643. The molecule has 1 aliphatic carbocycles. The molecule has 0 radical (unpaired) electrons. The summed E-state index contributed by atoms with van der Waals surface area (Å²) < 4.78 is 5.14. The molecule has 1 aliphatic rings. The molecular formula is C14H22N4O2. The Morgan fingerprint density at radius 3 is 2.90 bits per heavy atom. The molecule has 1 aromatic rings. The topological polar surface area (TPSA) is 76.1 Å². The highest BCUT2D eigenvalue weighted by Crippen LogP contribution is 2.19. The molecule has 0 unspecified atom stereocenters. The first-order valence-electron chi connectivity index (χ1n) is 6.99. The maximum absolute atomic E-state index is 11.4. The molecule has 20 heavy (non-hydrogen) atoms. The summed E-state index contributed by atoms with van der Waals surface area (Å²) in [5.41, 5.74) is 1.92. The molecule has 1 aromatic heterocycles. The van der Waals surface area contributed by atoms with Crippen LogP contribution in [-0.4, -0.2) is 34.8 Å². The number of aromatic nitrogens is 2. The van der Waals surface area contributed by atoms with Gasteiger partial charge in [-0.1, -0.05) is 0 Å². The molecule has 0 fully saturated rings. The van der Waals surface area contributed by atoms with Crippen molar-refractivity contribution < 1.29 is 9.53 Å². The fourth-order valence-corrected chi connectivity index (χ4v) is 2.05. The second kappa shape index (κ2) is 6.07. The predicted octanol–water partition coefficient (Wildman–Crippen LogP) is 1.90. The number of carbonyl (C=O) groups is 1. The SMILES string of the molecule is CC(C)(C)OC(=O)NCCNc1ncc2c(n1)CCC2. The van der Waals surface area contributed by atoms with E-state index in [1.165, 1.54) is 5.56 Å². The van der Waals surface area contributed by atoms with Gasteiger partial charge in [-0.2, -0.15) is 0 Å². The number of aryl methyl sites for hydroxylation is 2. The largest absolute Gasteiger partial charge is 0.444 e. The van der Waals surface area contributed by atoms with E-state index in [-0.39, 0.29) is 0 Å². The highest BCUT2D eigenvalue weighted by atomic mass is 16.6. The lowest BCUT2D eigenvalue weighted by Gasteiger charge is -2.19. The zero-order chi connectivity index (χ0) is 14.6. The quantitative estimate of drug-likeness (QED) is 0.823. The molecule has 0 aromatic carbocycles. The summed E-state index contributed by atoms with van der Waals surface area (Å²) in [6.45, 7) is 6.54. The Morgan fingerprint density at radius 1 is 1.35 bits per heavy atom. The number of hydrogen-bond donors (Lipinski definition) is 2. The minimum Gasteiger partial charge on any atom is -0.444 e. The fourth-order valence-electron chi connectivity index (χ4n) is 2.05. The van der Waals surface area contributed by atoms with Crippen LogP contribution >= 0.6 is 0 Å². The smallest absolute Gasteiger partial charge is 0.407 e. The lowest BCUT2D eigenvalue weighted by atomic mass is 10.2. The standard InChI is InChI=1S/C14H22N4O2/c1-14(2,3)20-13(19)16-8-7-15-12-17-9-10-5-4-6-11(10)18-12/h9H,4-8H2,1-3H3,(H,16,19)(H,15,17,18). The molecule has 6 nitrogen and oxygen atoms in total. The molecule has 0 saturated heterocycles. The number of carbonyl (C=O) groups excluding carboxylic acids is 1. The normalized spacial score (nSPS) is 13.8. The van der Waals surface area contributed by atoms with E-state index >= 15 is 0 Å². The molecule has 1 amide bonds. The Hall–Kier alpha value is -1.85. The number of ether oxygens (including phenoxy) is 1. The molecule has 1 heterocycles. The van der Waals surface area contributed by atoms with E-state index < -0.39 is 11.7 Å². The number of rotatable bonds is 4. The molecule has 0 bridgehead atoms. The van der Waals surface area contributed by atoms with Gasteiger partial charge in [0, 0.05) is 25.0 Å². The Kier molecular flexibility index (Phi) is 4.42. The summed E-state index contributed by atoms with van der Waals surface area (Å²) in [5.74, 6) is 0.622. The number of nitrogens with one attached hydrogen (secondary N) is 2. The maximum Gasteiger partial charge on any atom is 0.407 e. The van der Waals surface area contributed by atoms with Gasteiger partial charge < -0.3 is 15.4 Å². The number of alkyl carbamates (subject to hydrolysis) is 1. The van der Waals surface area contributed by atoms with Crippen molar-refractivity contribution in [2.24, 2.45) is 0 Å². The van der Waals surface area contributed by atoms with E-state index in [0.29, 0.717) is 19.0 Å². The van der Waals surface area contributed by atoms with Gasteiger partial charge in [-0.3, -0.25) is 0 Å². The molecule has 0 aliphatic heterocycles. The van der Waals surface area contributed by atoms with Crippen molar-refractivity contribution in [1.82, 2.24) is 15.3 Å². The maximum atomic E-state index is 11.4. The van der Waals surface area contributed by atoms with Crippen LogP contribution in [0.15, 0.2) is 6.20 Å². The van der Waals surface area contributed by atoms with E-state index in [1.807, 2.05) is 27.0 Å². The number of amides is 1. The molecule has 2 rings (SSSR count). The summed E-state index contributed by atoms with van der Waals surface area (Å²) in [4.78, 5) is 20.2. The van der Waals surface area contributed by atoms with Crippen LogP contribution in [0.1, 0.15) is 38.4 Å². The Bertz CT molecular complexity index is 483. The van der Waals surface area contributed by atoms with Crippen LogP contribution in [0.25, 0.3) is 0 Å². The van der Waals surface area contributed by atoms with Crippen LogP contribution in [0, 0.1) is 0 Å². The zero-order valence-electron chi connectivity index (χ0n) is 12.3. The Balaban J connectivity index is 1.70. The molecule has 0 spiro atoms. The van der Waals surface area contributed by atoms with Crippen LogP contribution in [0.3, 0.4) is 0 Å². The second-order valence-electron chi connectivity index (χ2n) is 5.87. The second-order valence-corrected chi connectivity index (χ2v) is 5.87. The van der Waals surface area contributed by atoms with Crippen molar-refractivity contribution in [3.05, 3.63) is 17.5 Å². The van der Waals surface area contributed by atoms with E-state index in [4.69, 9.17) is 4.74 Å². The monoisotopic (exact) mass is 278 g/mol. The van der Waals surface area contributed by atoms with Gasteiger partial charge in [0.25, 0.3) is 0 Å². The van der Waals surface area contributed by atoms with Crippen LogP contribution in [0.4, 0.5) is 10.7 Å². The number of hydrogen-bond acceptors (Lipinski definition) is 5. The minimum absolute atomic E-state index is 0.408. The molecule has 2 N–H and O–H groups in total. The summed E-state index contributed by atoms with van der Waals surface area (Å²) in [6, 6.07) is 0. The molecule has 0 saturated carbocycles. The summed E-state index contributed by atoms with van der Waals surface area (Å²) >= 11 is 0. The summed E-state index contributed by atoms with van der Waals surface area (Å²) in [5, 5.41) is 5.78. The number of fused-ring (bicyclic) bond motifs is 1. The van der Waals surface area contributed by atoms with E-state index in [1.54, 1.807) is 0 Å². The predicted molar refractivity (Wildman–Crippen MR) is 76.8 cm³/mol. The van der Waals surface area contributed by atoms with Crippen molar-refractivity contribution in [3.8, 4) is 0 Å². The molecule has 110 valence electrons. The van der Waals surface area contributed by atoms with E-state index in [9.17, 15) is 4.79 Å². The Morgan fingerprint density at radius 2 is 2.15 bits per heavy atom. The van der Waals surface area contributed by atoms with Crippen LogP contribution in [0.2, 0.25) is 0 Å². The lowest BCUT2D eigenvalue weighted by Crippen LogP contribution is -2.35. The van der Waals surface area contributed by atoms with Gasteiger partial charge in [0.1, 0.15) is 5.60 Å². The van der Waals surface area contributed by atoms with Crippen molar-refractivity contribution in [1.29, 1.82) is 0 Å². The number of anilines is 1. The first-order valence-corrected chi connectivity index (χ1v) is 6.99. The average Bonchev–Trinajstić information content (AvgIpc) is 2.79. The highest BCUT2D eigenvalue weighted by molar-refractivity contribution is 5.67. The minimum atomic E-state index is -0.472. The summed E-state index contributed by atoms with van der Waals surface area (Å²) in [6.07, 6.45) is 4.75. The van der Waals surface area contributed by atoms with Crippen LogP contribution < -0.4 is 10.6 Å². The van der Waals surface area contributed by atoms with Gasteiger partial charge in [-0.05, 0) is 45.6 Å². The third-order valence-corrected chi connectivity index (χ3v) is 2.89.